The Bertz CT molecular complexity index is 558. The molecule has 0 aromatic carbocycles. The van der Waals surface area contributed by atoms with Gasteiger partial charge in [0.2, 0.25) is 0 Å². The third-order valence-corrected chi connectivity index (χ3v) is 3.60. The van der Waals surface area contributed by atoms with Crippen molar-refractivity contribution in [3.63, 3.8) is 0 Å². The molecule has 23 heavy (non-hydrogen) atoms. The molecule has 1 rings (SSSR count). The van der Waals surface area contributed by atoms with Gasteiger partial charge < -0.3 is 18.9 Å². The summed E-state index contributed by atoms with van der Waals surface area (Å²) < 4.78 is 18.5. The van der Waals surface area contributed by atoms with E-state index in [-0.39, 0.29) is 5.71 Å². The largest absolute Gasteiger partial charge is 0.469 e. The van der Waals surface area contributed by atoms with Crippen LogP contribution in [0.1, 0.15) is 6.42 Å². The molecular weight excluding hydrogens is 312 g/mol. The van der Waals surface area contributed by atoms with Crippen LogP contribution < -0.4 is 0 Å². The van der Waals surface area contributed by atoms with E-state index >= 15 is 0 Å². The van der Waals surface area contributed by atoms with E-state index in [1.54, 1.807) is 0 Å². The fraction of sp³-hybridized carbons (Fsp3) is 0.615. The number of carbonyl (C=O) groups is 4. The van der Waals surface area contributed by atoms with Crippen LogP contribution >= 0.6 is 0 Å². The number of hydrogen-bond donors (Lipinski definition) is 0. The average molecular weight is 330 g/mol. The zero-order chi connectivity index (χ0) is 17.8. The van der Waals surface area contributed by atoms with E-state index < -0.39 is 41.8 Å². The summed E-state index contributed by atoms with van der Waals surface area (Å²) in [5, 5.41) is 4.90. The van der Waals surface area contributed by atoms with E-state index in [1.165, 1.54) is 7.05 Å². The molecule has 0 aromatic heterocycles. The highest BCUT2D eigenvalue weighted by Gasteiger charge is 2.63. The third-order valence-electron chi connectivity index (χ3n) is 3.60. The highest BCUT2D eigenvalue weighted by molar-refractivity contribution is 6.42. The number of hydrazone groups is 1. The van der Waals surface area contributed by atoms with Gasteiger partial charge in [-0.1, -0.05) is 0 Å². The maximum atomic E-state index is 12.4. The molecule has 128 valence electrons. The Kier molecular flexibility index (Phi) is 5.66. The lowest BCUT2D eigenvalue weighted by Crippen LogP contribution is -2.59. The Morgan fingerprint density at radius 2 is 1.65 bits per heavy atom. The number of methoxy groups -OCH3 is 4. The molecule has 0 saturated carbocycles. The summed E-state index contributed by atoms with van der Waals surface area (Å²) in [6, 6.07) is 0. The monoisotopic (exact) mass is 330 g/mol. The summed E-state index contributed by atoms with van der Waals surface area (Å²) >= 11 is 0. The maximum absolute atomic E-state index is 12.4. The van der Waals surface area contributed by atoms with Crippen molar-refractivity contribution >= 4 is 29.6 Å². The topological polar surface area (TPSA) is 121 Å². The first-order valence-corrected chi connectivity index (χ1v) is 6.43. The summed E-state index contributed by atoms with van der Waals surface area (Å²) in [6.45, 7) is 0. The Balaban J connectivity index is 3.51. The van der Waals surface area contributed by atoms with Gasteiger partial charge in [0.05, 0.1) is 34.9 Å². The molecule has 0 amide bonds. The number of hydrogen-bond acceptors (Lipinski definition) is 10. The van der Waals surface area contributed by atoms with Gasteiger partial charge in [-0.15, -0.1) is 0 Å². The zero-order valence-corrected chi connectivity index (χ0v) is 13.4. The first-order valence-electron chi connectivity index (χ1n) is 6.43. The molecule has 2 atom stereocenters. The Labute approximate surface area is 132 Å². The van der Waals surface area contributed by atoms with Crippen molar-refractivity contribution in [2.24, 2.45) is 11.0 Å². The van der Waals surface area contributed by atoms with E-state index in [2.05, 4.69) is 19.3 Å². The quantitative estimate of drug-likeness (QED) is 0.448. The van der Waals surface area contributed by atoms with Crippen molar-refractivity contribution in [3.05, 3.63) is 0 Å². The maximum Gasteiger partial charge on any atom is 0.355 e. The van der Waals surface area contributed by atoms with Crippen molar-refractivity contribution in [1.29, 1.82) is 0 Å². The first kappa shape index (κ1) is 18.4. The molecule has 0 unspecified atom stereocenters. The first-order chi connectivity index (χ1) is 10.8. The predicted octanol–water partition coefficient (Wildman–Crippen LogP) is -1.28. The Morgan fingerprint density at radius 1 is 1.04 bits per heavy atom. The molecule has 0 aliphatic carbocycles. The summed E-state index contributed by atoms with van der Waals surface area (Å²) in [5.74, 6) is -5.10. The van der Waals surface area contributed by atoms with E-state index in [4.69, 9.17) is 4.74 Å². The molecule has 0 fully saturated rings. The van der Waals surface area contributed by atoms with E-state index in [0.717, 1.165) is 33.4 Å². The molecule has 1 heterocycles. The summed E-state index contributed by atoms with van der Waals surface area (Å²) in [4.78, 5) is 48.2. The molecule has 10 heteroatoms. The van der Waals surface area contributed by atoms with E-state index in [1.807, 2.05) is 0 Å². The van der Waals surface area contributed by atoms with Crippen LogP contribution in [-0.4, -0.2) is 75.6 Å². The highest BCUT2D eigenvalue weighted by Crippen LogP contribution is 2.38. The second kappa shape index (κ2) is 7.07. The number of esters is 4. The molecule has 0 radical (unpaired) electrons. The minimum Gasteiger partial charge on any atom is -0.469 e. The van der Waals surface area contributed by atoms with Gasteiger partial charge in [0, 0.05) is 7.05 Å². The number of ether oxygens (including phenoxy) is 4. The van der Waals surface area contributed by atoms with Gasteiger partial charge in [0.25, 0.3) is 0 Å². The molecule has 1 aliphatic rings. The molecule has 0 saturated heterocycles. The lowest BCUT2D eigenvalue weighted by molar-refractivity contribution is -0.168. The van der Waals surface area contributed by atoms with Crippen molar-refractivity contribution in [2.75, 3.05) is 35.5 Å². The van der Waals surface area contributed by atoms with Crippen molar-refractivity contribution < 1.29 is 38.1 Å². The number of likely N-dealkylation sites (N-methyl/N-ethyl adjacent to an activating group) is 1. The van der Waals surface area contributed by atoms with Gasteiger partial charge in [0.15, 0.2) is 11.3 Å². The van der Waals surface area contributed by atoms with Crippen molar-refractivity contribution in [3.8, 4) is 0 Å². The molecule has 1 aliphatic heterocycles. The van der Waals surface area contributed by atoms with Gasteiger partial charge in [-0.05, 0) is 0 Å². The van der Waals surface area contributed by atoms with Crippen molar-refractivity contribution in [1.82, 2.24) is 5.01 Å². The Hall–Kier alpha value is -2.65. The van der Waals surface area contributed by atoms with Gasteiger partial charge in [-0.3, -0.25) is 14.6 Å². The van der Waals surface area contributed by atoms with Crippen LogP contribution in [0.4, 0.5) is 0 Å². The van der Waals surface area contributed by atoms with Crippen LogP contribution in [-0.2, 0) is 38.1 Å². The SMILES string of the molecule is COC(=O)C[C@@]1(C(=O)OC)[C@@H](C(=O)OC)C(C(=O)OC)=NN1C. The lowest BCUT2D eigenvalue weighted by Gasteiger charge is -2.34. The zero-order valence-electron chi connectivity index (χ0n) is 13.4. The molecule has 10 nitrogen and oxygen atoms in total. The van der Waals surface area contributed by atoms with Crippen LogP contribution in [0.5, 0.6) is 0 Å². The normalized spacial score (nSPS) is 22.9. The van der Waals surface area contributed by atoms with Crippen LogP contribution in [0.15, 0.2) is 5.10 Å². The molecular formula is C13H18N2O8. The second-order valence-electron chi connectivity index (χ2n) is 4.63. The average Bonchev–Trinajstić information content (AvgIpc) is 2.85. The van der Waals surface area contributed by atoms with Gasteiger partial charge in [-0.25, -0.2) is 9.59 Å². The number of nitrogens with zero attached hydrogens (tertiary/aromatic N) is 2. The molecule has 0 N–H and O–H groups in total. The van der Waals surface area contributed by atoms with E-state index in [0.29, 0.717) is 0 Å². The van der Waals surface area contributed by atoms with Gasteiger partial charge >= 0.3 is 23.9 Å². The summed E-state index contributed by atoms with van der Waals surface area (Å²) in [7, 11) is 5.70. The minimum absolute atomic E-state index is 0.365. The van der Waals surface area contributed by atoms with Gasteiger partial charge in [-0.2, -0.15) is 5.10 Å². The number of rotatable bonds is 5. The van der Waals surface area contributed by atoms with E-state index in [9.17, 15) is 19.2 Å². The lowest BCUT2D eigenvalue weighted by atomic mass is 9.78. The summed E-state index contributed by atoms with van der Waals surface area (Å²) in [5.41, 5.74) is -2.27. The minimum atomic E-state index is -1.90. The number of carbonyl (C=O) groups excluding carboxylic acids is 4. The molecule has 0 aromatic rings. The van der Waals surface area contributed by atoms with Crippen LogP contribution in [0, 0.1) is 5.92 Å². The van der Waals surface area contributed by atoms with Crippen molar-refractivity contribution in [2.45, 2.75) is 12.0 Å². The second-order valence-corrected chi connectivity index (χ2v) is 4.63. The fourth-order valence-electron chi connectivity index (χ4n) is 2.42. The van der Waals surface area contributed by atoms with Crippen LogP contribution in [0.3, 0.4) is 0 Å². The Morgan fingerprint density at radius 3 is 2.09 bits per heavy atom. The summed E-state index contributed by atoms with van der Waals surface area (Å²) in [6.07, 6.45) is -0.573. The smallest absolute Gasteiger partial charge is 0.355 e. The highest BCUT2D eigenvalue weighted by atomic mass is 16.5. The van der Waals surface area contributed by atoms with Crippen LogP contribution in [0.2, 0.25) is 0 Å². The molecule has 0 bridgehead atoms. The predicted molar refractivity (Wildman–Crippen MR) is 74.1 cm³/mol. The fourth-order valence-corrected chi connectivity index (χ4v) is 2.42. The standard InChI is InChI=1S/C13H18N2O8/c1-15-13(12(19)23-5,6-7(16)20-2)8(10(17)21-3)9(14-15)11(18)22-4/h8H,6H2,1-5H3/t8-,13+/m1/s1. The van der Waals surface area contributed by atoms with Crippen LogP contribution in [0.25, 0.3) is 0 Å². The third kappa shape index (κ3) is 2.96. The molecule has 0 spiro atoms. The van der Waals surface area contributed by atoms with Gasteiger partial charge in [0.1, 0.15) is 5.92 Å².